The summed E-state index contributed by atoms with van der Waals surface area (Å²) in [5, 5.41) is 5.00. The number of hydrogen-bond donors (Lipinski definition) is 2. The number of carbonyl (C=O) groups excluding carboxylic acids is 3. The maximum absolute atomic E-state index is 12.9. The lowest BCUT2D eigenvalue weighted by Gasteiger charge is -2.34. The Labute approximate surface area is 174 Å². The predicted octanol–water partition coefficient (Wildman–Crippen LogP) is 3.29. The number of para-hydroxylation sites is 1. The van der Waals surface area contributed by atoms with Gasteiger partial charge in [0.05, 0.1) is 5.69 Å². The standard InChI is InChI=1S/C22H23N3O3S/c1-14-6-8-16(9-7-14)23-20(26)15-10-12-25(13-11-15)22(28)19-21(27)24-17-4-2-3-5-18(17)29-19/h2-9,15,19H,10-13H2,1H3,(H,23,26)(H,24,27)/t19-/m1/s1. The fraction of sp³-hybridized carbons (Fsp3) is 0.318. The van der Waals surface area contributed by atoms with E-state index in [1.54, 1.807) is 4.90 Å². The molecule has 1 fully saturated rings. The van der Waals surface area contributed by atoms with Gasteiger partial charge in [-0.25, -0.2) is 0 Å². The summed E-state index contributed by atoms with van der Waals surface area (Å²) in [4.78, 5) is 40.5. The molecule has 2 aromatic rings. The van der Waals surface area contributed by atoms with Crippen LogP contribution in [0.15, 0.2) is 53.4 Å². The van der Waals surface area contributed by atoms with Gasteiger partial charge in [0.15, 0.2) is 5.25 Å². The largest absolute Gasteiger partial charge is 0.341 e. The third-order valence-electron chi connectivity index (χ3n) is 5.35. The van der Waals surface area contributed by atoms with Gasteiger partial charge in [0.1, 0.15) is 0 Å². The highest BCUT2D eigenvalue weighted by molar-refractivity contribution is 8.01. The highest BCUT2D eigenvalue weighted by Crippen LogP contribution is 2.36. The number of hydrogen-bond acceptors (Lipinski definition) is 4. The van der Waals surface area contributed by atoms with Crippen molar-refractivity contribution < 1.29 is 14.4 Å². The molecule has 0 bridgehead atoms. The normalized spacial score (nSPS) is 19.3. The van der Waals surface area contributed by atoms with Gasteiger partial charge >= 0.3 is 0 Å². The molecular formula is C22H23N3O3S. The molecule has 2 aliphatic rings. The van der Waals surface area contributed by atoms with Crippen LogP contribution in [0.2, 0.25) is 0 Å². The second-order valence-electron chi connectivity index (χ2n) is 7.44. The van der Waals surface area contributed by atoms with Crippen molar-refractivity contribution in [3.63, 3.8) is 0 Å². The lowest BCUT2D eigenvalue weighted by molar-refractivity contribution is -0.136. The number of fused-ring (bicyclic) bond motifs is 1. The average molecular weight is 410 g/mol. The molecule has 0 spiro atoms. The number of nitrogens with one attached hydrogen (secondary N) is 2. The van der Waals surface area contributed by atoms with E-state index in [2.05, 4.69) is 10.6 Å². The Morgan fingerprint density at radius 2 is 1.76 bits per heavy atom. The van der Waals surface area contributed by atoms with E-state index in [1.165, 1.54) is 11.8 Å². The Morgan fingerprint density at radius 1 is 1.07 bits per heavy atom. The van der Waals surface area contributed by atoms with Crippen LogP contribution in [0.25, 0.3) is 0 Å². The zero-order chi connectivity index (χ0) is 20.4. The fourth-order valence-corrected chi connectivity index (χ4v) is 4.70. The van der Waals surface area contributed by atoms with Gasteiger partial charge in [-0.2, -0.15) is 0 Å². The Bertz CT molecular complexity index is 937. The Hall–Kier alpha value is -2.80. The molecule has 2 heterocycles. The second-order valence-corrected chi connectivity index (χ2v) is 8.59. The van der Waals surface area contributed by atoms with Gasteiger partial charge < -0.3 is 15.5 Å². The molecule has 4 rings (SSSR count). The van der Waals surface area contributed by atoms with E-state index in [0.717, 1.165) is 21.8 Å². The van der Waals surface area contributed by atoms with Crippen molar-refractivity contribution >= 4 is 40.9 Å². The van der Waals surface area contributed by atoms with Gasteiger partial charge in [-0.05, 0) is 44.0 Å². The zero-order valence-electron chi connectivity index (χ0n) is 16.2. The van der Waals surface area contributed by atoms with E-state index in [0.29, 0.717) is 25.9 Å². The summed E-state index contributed by atoms with van der Waals surface area (Å²) in [6, 6.07) is 15.2. The van der Waals surface area contributed by atoms with Crippen molar-refractivity contribution in [2.45, 2.75) is 29.9 Å². The minimum Gasteiger partial charge on any atom is -0.341 e. The third kappa shape index (κ3) is 4.29. The molecule has 2 N–H and O–H groups in total. The molecule has 150 valence electrons. The number of rotatable bonds is 3. The van der Waals surface area contributed by atoms with Crippen molar-refractivity contribution in [2.24, 2.45) is 5.92 Å². The molecule has 0 saturated carbocycles. The number of amides is 3. The maximum atomic E-state index is 12.9. The van der Waals surface area contributed by atoms with Crippen LogP contribution in [0.5, 0.6) is 0 Å². The number of anilines is 2. The van der Waals surface area contributed by atoms with Crippen molar-refractivity contribution in [1.82, 2.24) is 4.90 Å². The van der Waals surface area contributed by atoms with E-state index in [-0.39, 0.29) is 23.6 Å². The van der Waals surface area contributed by atoms with Crippen LogP contribution in [-0.4, -0.2) is 41.0 Å². The van der Waals surface area contributed by atoms with Gasteiger partial charge in [-0.3, -0.25) is 14.4 Å². The van der Waals surface area contributed by atoms with E-state index in [9.17, 15) is 14.4 Å². The first-order valence-electron chi connectivity index (χ1n) is 9.74. The van der Waals surface area contributed by atoms with Gasteiger partial charge in [-0.1, -0.05) is 29.8 Å². The van der Waals surface area contributed by atoms with Crippen LogP contribution < -0.4 is 10.6 Å². The smallest absolute Gasteiger partial charge is 0.247 e. The lowest BCUT2D eigenvalue weighted by atomic mass is 9.95. The molecule has 7 heteroatoms. The van der Waals surface area contributed by atoms with Crippen LogP contribution in [0.4, 0.5) is 11.4 Å². The highest BCUT2D eigenvalue weighted by Gasteiger charge is 2.37. The summed E-state index contributed by atoms with van der Waals surface area (Å²) in [5.41, 5.74) is 2.67. The SMILES string of the molecule is Cc1ccc(NC(=O)C2CCN(C(=O)[C@@H]3Sc4ccccc4NC3=O)CC2)cc1. The van der Waals surface area contributed by atoms with E-state index in [1.807, 2.05) is 55.5 Å². The minimum absolute atomic E-state index is 0.0142. The molecule has 29 heavy (non-hydrogen) atoms. The molecular weight excluding hydrogens is 386 g/mol. The number of benzene rings is 2. The highest BCUT2D eigenvalue weighted by atomic mass is 32.2. The van der Waals surface area contributed by atoms with Gasteiger partial charge in [-0.15, -0.1) is 11.8 Å². The number of carbonyl (C=O) groups is 3. The molecule has 6 nitrogen and oxygen atoms in total. The van der Waals surface area contributed by atoms with Crippen LogP contribution in [0.1, 0.15) is 18.4 Å². The first-order valence-corrected chi connectivity index (χ1v) is 10.6. The van der Waals surface area contributed by atoms with Gasteiger partial charge in [0.25, 0.3) is 0 Å². The van der Waals surface area contributed by atoms with E-state index < -0.39 is 5.25 Å². The molecule has 2 aromatic carbocycles. The Kier molecular flexibility index (Phi) is 5.58. The number of piperidine rings is 1. The summed E-state index contributed by atoms with van der Waals surface area (Å²) < 4.78 is 0. The quantitative estimate of drug-likeness (QED) is 0.763. The fourth-order valence-electron chi connectivity index (χ4n) is 3.62. The third-order valence-corrected chi connectivity index (χ3v) is 6.61. The number of likely N-dealkylation sites (tertiary alicyclic amines) is 1. The first-order chi connectivity index (χ1) is 14.0. The van der Waals surface area contributed by atoms with Crippen molar-refractivity contribution in [1.29, 1.82) is 0 Å². The maximum Gasteiger partial charge on any atom is 0.247 e. The molecule has 2 aliphatic heterocycles. The molecule has 0 radical (unpaired) electrons. The summed E-state index contributed by atoms with van der Waals surface area (Å²) in [6.45, 7) is 2.97. The van der Waals surface area contributed by atoms with E-state index >= 15 is 0 Å². The first kappa shape index (κ1) is 19.5. The second kappa shape index (κ2) is 8.29. The average Bonchev–Trinajstić information content (AvgIpc) is 2.74. The van der Waals surface area contributed by atoms with Crippen molar-refractivity contribution in [3.8, 4) is 0 Å². The van der Waals surface area contributed by atoms with Crippen LogP contribution in [0, 0.1) is 12.8 Å². The molecule has 0 unspecified atom stereocenters. The molecule has 0 aromatic heterocycles. The number of nitrogens with zero attached hydrogens (tertiary/aromatic N) is 1. The van der Waals surface area contributed by atoms with Gasteiger partial charge in [0, 0.05) is 29.6 Å². The van der Waals surface area contributed by atoms with E-state index in [4.69, 9.17) is 0 Å². The Morgan fingerprint density at radius 3 is 2.48 bits per heavy atom. The lowest BCUT2D eigenvalue weighted by Crippen LogP contribution is -2.48. The summed E-state index contributed by atoms with van der Waals surface area (Å²) in [6.07, 6.45) is 1.19. The summed E-state index contributed by atoms with van der Waals surface area (Å²) >= 11 is 1.29. The summed E-state index contributed by atoms with van der Waals surface area (Å²) in [7, 11) is 0. The Balaban J connectivity index is 1.33. The van der Waals surface area contributed by atoms with Gasteiger partial charge in [0.2, 0.25) is 17.7 Å². The van der Waals surface area contributed by atoms with Crippen LogP contribution in [-0.2, 0) is 14.4 Å². The molecule has 3 amide bonds. The van der Waals surface area contributed by atoms with Crippen LogP contribution in [0.3, 0.4) is 0 Å². The van der Waals surface area contributed by atoms with Crippen molar-refractivity contribution in [2.75, 3.05) is 23.7 Å². The minimum atomic E-state index is -0.775. The molecule has 0 aliphatic carbocycles. The molecule has 1 saturated heterocycles. The zero-order valence-corrected chi connectivity index (χ0v) is 17.0. The number of aryl methyl sites for hydroxylation is 1. The summed E-state index contributed by atoms with van der Waals surface area (Å²) in [5.74, 6) is -0.606. The van der Waals surface area contributed by atoms with Crippen LogP contribution >= 0.6 is 11.8 Å². The van der Waals surface area contributed by atoms with Crippen molar-refractivity contribution in [3.05, 3.63) is 54.1 Å². The monoisotopic (exact) mass is 409 g/mol. The topological polar surface area (TPSA) is 78.5 Å². The molecule has 1 atom stereocenters. The number of thioether (sulfide) groups is 1. The predicted molar refractivity (Wildman–Crippen MR) is 114 cm³/mol.